The highest BCUT2D eigenvalue weighted by molar-refractivity contribution is 7.18. The number of fused-ring (bicyclic) bond motifs is 2. The number of thiophene rings is 1. The van der Waals surface area contributed by atoms with Crippen molar-refractivity contribution in [1.82, 2.24) is 9.97 Å². The molecule has 0 unspecified atom stereocenters. The SMILES string of the molecule is C/C(=N\OCC(=O)OCc1nc2sc(C)c(C)c2c(=O)[nH]1)c1ccc2c(c1)OCO2. The van der Waals surface area contributed by atoms with E-state index in [1.807, 2.05) is 19.9 Å². The Balaban J connectivity index is 1.32. The molecule has 3 heterocycles. The predicted octanol–water partition coefficient (Wildman–Crippen LogP) is 2.81. The summed E-state index contributed by atoms with van der Waals surface area (Å²) in [6.07, 6.45) is 0. The van der Waals surface area contributed by atoms with E-state index < -0.39 is 5.97 Å². The highest BCUT2D eigenvalue weighted by Crippen LogP contribution is 2.32. The first kappa shape index (κ1) is 19.9. The molecule has 1 N–H and O–H groups in total. The zero-order chi connectivity index (χ0) is 21.3. The Kier molecular flexibility index (Phi) is 5.40. The van der Waals surface area contributed by atoms with Gasteiger partial charge in [-0.15, -0.1) is 11.3 Å². The van der Waals surface area contributed by atoms with Crippen LogP contribution in [0.1, 0.15) is 28.8 Å². The third kappa shape index (κ3) is 3.99. The van der Waals surface area contributed by atoms with Gasteiger partial charge in [0.2, 0.25) is 13.4 Å². The number of hydrogen-bond acceptors (Lipinski definition) is 9. The number of aromatic amines is 1. The fourth-order valence-corrected chi connectivity index (χ4v) is 3.96. The first-order valence-electron chi connectivity index (χ1n) is 9.13. The average Bonchev–Trinajstić information content (AvgIpc) is 3.30. The van der Waals surface area contributed by atoms with Gasteiger partial charge in [0, 0.05) is 10.4 Å². The van der Waals surface area contributed by atoms with E-state index in [4.69, 9.17) is 19.0 Å². The fourth-order valence-electron chi connectivity index (χ4n) is 2.91. The summed E-state index contributed by atoms with van der Waals surface area (Å²) in [4.78, 5) is 37.9. The number of oxime groups is 1. The zero-order valence-corrected chi connectivity index (χ0v) is 17.4. The molecule has 3 aromatic rings. The standard InChI is InChI=1S/C20H19N3O6S/c1-10-12(3)30-20-18(10)19(25)21-16(22-20)7-26-17(24)8-29-23-11(2)13-4-5-14-15(6-13)28-9-27-14/h4-6H,7-9H2,1-3H3,(H,21,22,25)/b23-11+. The van der Waals surface area contributed by atoms with Crippen molar-refractivity contribution >= 4 is 33.2 Å². The molecular weight excluding hydrogens is 410 g/mol. The van der Waals surface area contributed by atoms with Gasteiger partial charge in [-0.1, -0.05) is 5.16 Å². The monoisotopic (exact) mass is 429 g/mol. The van der Waals surface area contributed by atoms with Crippen LogP contribution in [-0.4, -0.2) is 35.0 Å². The van der Waals surface area contributed by atoms with Gasteiger partial charge >= 0.3 is 5.97 Å². The van der Waals surface area contributed by atoms with Gasteiger partial charge in [0.15, 0.2) is 11.5 Å². The molecule has 0 bridgehead atoms. The van der Waals surface area contributed by atoms with Gasteiger partial charge in [-0.2, -0.15) is 0 Å². The number of nitrogens with one attached hydrogen (secondary N) is 1. The van der Waals surface area contributed by atoms with Crippen LogP contribution in [0.15, 0.2) is 28.1 Å². The summed E-state index contributed by atoms with van der Waals surface area (Å²) in [5, 5.41) is 4.50. The van der Waals surface area contributed by atoms with Crippen LogP contribution in [0.3, 0.4) is 0 Å². The van der Waals surface area contributed by atoms with Crippen molar-refractivity contribution in [1.29, 1.82) is 0 Å². The molecule has 1 aliphatic rings. The molecule has 0 radical (unpaired) electrons. The topological polar surface area (TPSA) is 112 Å². The third-order valence-electron chi connectivity index (χ3n) is 4.63. The van der Waals surface area contributed by atoms with Crippen LogP contribution in [0.25, 0.3) is 10.2 Å². The van der Waals surface area contributed by atoms with Gasteiger partial charge < -0.3 is 24.0 Å². The summed E-state index contributed by atoms with van der Waals surface area (Å²) < 4.78 is 15.7. The molecule has 0 fully saturated rings. The molecule has 0 spiro atoms. The maximum absolute atomic E-state index is 12.2. The van der Waals surface area contributed by atoms with Crippen molar-refractivity contribution in [2.24, 2.45) is 5.16 Å². The number of nitrogens with zero attached hydrogens (tertiary/aromatic N) is 2. The molecule has 156 valence electrons. The number of H-pyrrole nitrogens is 1. The van der Waals surface area contributed by atoms with E-state index in [1.54, 1.807) is 19.1 Å². The molecule has 9 nitrogen and oxygen atoms in total. The lowest BCUT2D eigenvalue weighted by molar-refractivity contribution is -0.150. The number of aryl methyl sites for hydroxylation is 2. The number of esters is 1. The molecule has 0 aliphatic carbocycles. The van der Waals surface area contributed by atoms with Crippen LogP contribution >= 0.6 is 11.3 Å². The summed E-state index contributed by atoms with van der Waals surface area (Å²) in [6.45, 7) is 5.23. The van der Waals surface area contributed by atoms with Crippen molar-refractivity contribution < 1.29 is 23.8 Å². The Bertz CT molecular complexity index is 1210. The number of aromatic nitrogens is 2. The van der Waals surface area contributed by atoms with Crippen molar-refractivity contribution in [2.45, 2.75) is 27.4 Å². The molecule has 0 saturated heterocycles. The molecule has 4 rings (SSSR count). The highest BCUT2D eigenvalue weighted by Gasteiger charge is 2.15. The Morgan fingerprint density at radius 2 is 2.10 bits per heavy atom. The third-order valence-corrected chi connectivity index (χ3v) is 5.73. The van der Waals surface area contributed by atoms with Gasteiger partial charge in [-0.05, 0) is 44.5 Å². The minimum Gasteiger partial charge on any atom is -0.455 e. The van der Waals surface area contributed by atoms with Crippen molar-refractivity contribution in [3.8, 4) is 11.5 Å². The van der Waals surface area contributed by atoms with E-state index in [0.717, 1.165) is 16.0 Å². The molecular formula is C20H19N3O6S. The van der Waals surface area contributed by atoms with Crippen LogP contribution in [0.5, 0.6) is 11.5 Å². The second-order valence-electron chi connectivity index (χ2n) is 6.65. The maximum Gasteiger partial charge on any atom is 0.347 e. The number of benzene rings is 1. The van der Waals surface area contributed by atoms with Crippen LogP contribution < -0.4 is 15.0 Å². The molecule has 0 saturated carbocycles. The number of carbonyl (C=O) groups is 1. The first-order chi connectivity index (χ1) is 14.4. The Labute approximate surface area is 175 Å². The van der Waals surface area contributed by atoms with Crippen molar-refractivity contribution in [3.63, 3.8) is 0 Å². The lowest BCUT2D eigenvalue weighted by Gasteiger charge is -2.05. The molecule has 2 aromatic heterocycles. The smallest absolute Gasteiger partial charge is 0.347 e. The number of hydrogen-bond donors (Lipinski definition) is 1. The second-order valence-corrected chi connectivity index (χ2v) is 7.86. The molecule has 30 heavy (non-hydrogen) atoms. The number of ether oxygens (including phenoxy) is 3. The lowest BCUT2D eigenvalue weighted by Crippen LogP contribution is -2.16. The largest absolute Gasteiger partial charge is 0.455 e. The second kappa shape index (κ2) is 8.15. The van der Waals surface area contributed by atoms with Crippen molar-refractivity contribution in [2.75, 3.05) is 13.4 Å². The van der Waals surface area contributed by atoms with E-state index in [2.05, 4.69) is 15.1 Å². The van der Waals surface area contributed by atoms with E-state index >= 15 is 0 Å². The molecule has 0 atom stereocenters. The number of rotatable bonds is 6. The van der Waals surface area contributed by atoms with Gasteiger partial charge in [0.1, 0.15) is 17.3 Å². The van der Waals surface area contributed by atoms with E-state index in [-0.39, 0.29) is 31.4 Å². The maximum atomic E-state index is 12.2. The Morgan fingerprint density at radius 1 is 1.30 bits per heavy atom. The summed E-state index contributed by atoms with van der Waals surface area (Å²) in [5.74, 6) is 0.963. The minimum absolute atomic E-state index is 0.159. The lowest BCUT2D eigenvalue weighted by atomic mass is 10.1. The van der Waals surface area contributed by atoms with E-state index in [1.165, 1.54) is 11.3 Å². The van der Waals surface area contributed by atoms with E-state index in [9.17, 15) is 9.59 Å². The van der Waals surface area contributed by atoms with Crippen LogP contribution in [-0.2, 0) is 21.0 Å². The molecule has 1 aromatic carbocycles. The summed E-state index contributed by atoms with van der Waals surface area (Å²) in [6, 6.07) is 5.39. The Morgan fingerprint density at radius 3 is 2.93 bits per heavy atom. The van der Waals surface area contributed by atoms with E-state index in [0.29, 0.717) is 27.4 Å². The zero-order valence-electron chi connectivity index (χ0n) is 16.6. The molecule has 1 aliphatic heterocycles. The van der Waals surface area contributed by atoms with Gasteiger partial charge in [-0.25, -0.2) is 9.78 Å². The molecule has 0 amide bonds. The Hall–Kier alpha value is -3.40. The average molecular weight is 429 g/mol. The predicted molar refractivity (Wildman–Crippen MR) is 110 cm³/mol. The number of carbonyl (C=O) groups excluding carboxylic acids is 1. The van der Waals surface area contributed by atoms with Gasteiger partial charge in [0.05, 0.1) is 11.1 Å². The summed E-state index contributed by atoms with van der Waals surface area (Å²) in [7, 11) is 0. The minimum atomic E-state index is -0.626. The quantitative estimate of drug-likeness (QED) is 0.364. The van der Waals surface area contributed by atoms with Crippen LogP contribution in [0.4, 0.5) is 0 Å². The molecule has 10 heteroatoms. The van der Waals surface area contributed by atoms with Gasteiger partial charge in [0.25, 0.3) is 5.56 Å². The first-order valence-corrected chi connectivity index (χ1v) is 9.95. The van der Waals surface area contributed by atoms with Crippen LogP contribution in [0.2, 0.25) is 0 Å². The highest BCUT2D eigenvalue weighted by atomic mass is 32.1. The summed E-state index contributed by atoms with van der Waals surface area (Å²) >= 11 is 1.43. The van der Waals surface area contributed by atoms with Crippen LogP contribution in [0, 0.1) is 13.8 Å². The van der Waals surface area contributed by atoms with Gasteiger partial charge in [-0.3, -0.25) is 4.79 Å². The summed E-state index contributed by atoms with van der Waals surface area (Å²) in [5.41, 5.74) is 2.02. The normalized spacial score (nSPS) is 13.0. The fraction of sp³-hybridized carbons (Fsp3) is 0.300. The van der Waals surface area contributed by atoms with Crippen molar-refractivity contribution in [3.05, 3.63) is 50.4 Å².